The molecule has 2 N–H and O–H groups in total. The van der Waals surface area contributed by atoms with E-state index in [0.717, 1.165) is 7.11 Å². The van der Waals surface area contributed by atoms with Crippen molar-refractivity contribution >= 4 is 47.6 Å². The minimum Gasteiger partial charge on any atom is -0.497 e. The van der Waals surface area contributed by atoms with E-state index in [2.05, 4.69) is 10.6 Å². The molecule has 2 amide bonds. The molecule has 464 valence electrons. The number of esters is 6. The van der Waals surface area contributed by atoms with Crippen LogP contribution >= 0.6 is 0 Å². The summed E-state index contributed by atoms with van der Waals surface area (Å²) in [5.74, 6) is -8.97. The number of carbonyl (C=O) groups excluding carboxylic acids is 8. The topological polar surface area (TPSA) is 290 Å². The summed E-state index contributed by atoms with van der Waals surface area (Å²) >= 11 is 0. The molecule has 3 aromatic carbocycles. The van der Waals surface area contributed by atoms with Crippen molar-refractivity contribution < 1.29 is 105 Å². The summed E-state index contributed by atoms with van der Waals surface area (Å²) in [4.78, 5) is 107. The SMILES string of the molecule is COC(=O)C1C[C@@H](Oc2ccc(OC)cc2)C(OC(=O)c2ccccc2)[C@@H](C)[C@@H]1O[C@@H]1OC(COC(C)=O)[C@@H](O[C@@H]2OC(C(=O)OC)[C@@H](O[C@@H]3OC(COC(C)=O)[C@@H](C)[C@H](C)C3NC(C)=O)[C@H](C)C2OC(=O)c2ccccc2)[C@H](C)C1NC(C)=O. The fraction of sp³-hybridized carbons (Fsp3) is 0.574. The molecule has 4 aliphatic rings. The van der Waals surface area contributed by atoms with Gasteiger partial charge in [-0.15, -0.1) is 0 Å². The molecule has 1 aliphatic carbocycles. The van der Waals surface area contributed by atoms with Gasteiger partial charge in [0.05, 0.1) is 68.8 Å². The van der Waals surface area contributed by atoms with Crippen LogP contribution in [0.25, 0.3) is 0 Å². The monoisotopic (exact) mass is 1190 g/mol. The number of methoxy groups -OCH3 is 3. The molecule has 0 spiro atoms. The maximum Gasteiger partial charge on any atom is 0.338 e. The highest BCUT2D eigenvalue weighted by Gasteiger charge is 2.58. The van der Waals surface area contributed by atoms with Gasteiger partial charge in [0.15, 0.2) is 31.1 Å². The Bertz CT molecular complexity index is 2770. The number of amides is 2. The van der Waals surface area contributed by atoms with E-state index in [0.29, 0.717) is 11.5 Å². The van der Waals surface area contributed by atoms with Crippen molar-refractivity contribution in [1.29, 1.82) is 0 Å². The van der Waals surface area contributed by atoms with Gasteiger partial charge >= 0.3 is 35.8 Å². The van der Waals surface area contributed by atoms with Crippen molar-refractivity contribution in [2.75, 3.05) is 34.5 Å². The first-order chi connectivity index (χ1) is 40.5. The highest BCUT2D eigenvalue weighted by Crippen LogP contribution is 2.43. The minimum atomic E-state index is -1.68. The van der Waals surface area contributed by atoms with Gasteiger partial charge in [-0.2, -0.15) is 0 Å². The standard InChI is InChI=1S/C61H78N2O22/c1-30-31(2)47(62-35(6)64)59(78-45(30)28-75-37(8)66)84-52-34(5)53(81-56(69)40-21-17-14-18-22-40)61(85-54(52)58(71)74-12)83-50-32(3)48(63-36(7)65)60(79-46(50)29-76-38(9)67)82-49-33(4)51(80-55(68)39-19-15-13-16-20-39)44(27-43(49)57(70)73-11)77-42-25-23-41(72-10)24-26-42/h13-26,30-34,43-54,59-61H,27-29H2,1-12H3,(H,62,64)(H,63,65)/t30-,31-,32+,33-,34-,43?,44+,45?,46?,47?,48?,49-,50-,51?,52-,53?,54?,59-,60-,61+/m0/s1. The summed E-state index contributed by atoms with van der Waals surface area (Å²) in [7, 11) is 3.87. The molecular formula is C61H78N2O22. The number of rotatable bonds is 21. The zero-order valence-electron chi connectivity index (χ0n) is 49.7. The van der Waals surface area contributed by atoms with Gasteiger partial charge in [0.1, 0.15) is 49.1 Å². The summed E-state index contributed by atoms with van der Waals surface area (Å²) in [5.41, 5.74) is 0.391. The summed E-state index contributed by atoms with van der Waals surface area (Å²) in [5, 5.41) is 5.81. The maximum atomic E-state index is 14.2. The third-order valence-electron chi connectivity index (χ3n) is 16.1. The fourth-order valence-electron chi connectivity index (χ4n) is 11.4. The maximum absolute atomic E-state index is 14.2. The lowest BCUT2D eigenvalue weighted by Gasteiger charge is -2.51. The summed E-state index contributed by atoms with van der Waals surface area (Å²) in [6, 6.07) is 21.1. The second kappa shape index (κ2) is 29.7. The molecular weight excluding hydrogens is 1110 g/mol. The molecule has 24 heteroatoms. The molecule has 3 aromatic rings. The first-order valence-electron chi connectivity index (χ1n) is 28.3. The lowest BCUT2D eigenvalue weighted by atomic mass is 9.75. The van der Waals surface area contributed by atoms with Crippen LogP contribution in [0.2, 0.25) is 0 Å². The molecule has 0 bridgehead atoms. The smallest absolute Gasteiger partial charge is 0.338 e. The third kappa shape index (κ3) is 16.2. The van der Waals surface area contributed by atoms with E-state index in [1.165, 1.54) is 54.0 Å². The minimum absolute atomic E-state index is 0.101. The zero-order chi connectivity index (χ0) is 61.8. The van der Waals surface area contributed by atoms with Crippen LogP contribution in [0, 0.1) is 35.5 Å². The van der Waals surface area contributed by atoms with Crippen LogP contribution in [0.5, 0.6) is 11.5 Å². The fourth-order valence-corrected chi connectivity index (χ4v) is 11.4. The van der Waals surface area contributed by atoms with Crippen LogP contribution in [0.15, 0.2) is 84.9 Å². The van der Waals surface area contributed by atoms with E-state index in [-0.39, 0.29) is 36.0 Å². The van der Waals surface area contributed by atoms with Crippen molar-refractivity contribution in [2.24, 2.45) is 35.5 Å². The van der Waals surface area contributed by atoms with E-state index in [1.807, 2.05) is 13.8 Å². The Morgan fingerprint density at radius 3 is 1.47 bits per heavy atom. The molecule has 1 saturated carbocycles. The Morgan fingerprint density at radius 2 is 0.953 bits per heavy atom. The van der Waals surface area contributed by atoms with Crippen molar-refractivity contribution in [3.63, 3.8) is 0 Å². The summed E-state index contributed by atoms with van der Waals surface area (Å²) in [6.45, 7) is 13.1. The Kier molecular flexibility index (Phi) is 22.8. The molecule has 24 nitrogen and oxygen atoms in total. The quantitative estimate of drug-likeness (QED) is 0.106. The average Bonchev–Trinajstić information content (AvgIpc) is 1.57. The summed E-state index contributed by atoms with van der Waals surface area (Å²) < 4.78 is 86.3. The van der Waals surface area contributed by atoms with Crippen LogP contribution < -0.4 is 20.1 Å². The highest BCUT2D eigenvalue weighted by atomic mass is 16.8. The van der Waals surface area contributed by atoms with Crippen molar-refractivity contribution in [3.8, 4) is 11.5 Å². The van der Waals surface area contributed by atoms with E-state index in [4.69, 9.17) is 66.3 Å². The van der Waals surface area contributed by atoms with Gasteiger partial charge in [-0.3, -0.25) is 24.0 Å². The largest absolute Gasteiger partial charge is 0.497 e. The average molecular weight is 1190 g/mol. The first kappa shape index (κ1) is 65.3. The van der Waals surface area contributed by atoms with Gasteiger partial charge in [-0.05, 0) is 60.4 Å². The van der Waals surface area contributed by atoms with Crippen molar-refractivity contribution in [2.45, 2.75) is 155 Å². The summed E-state index contributed by atoms with van der Waals surface area (Å²) in [6.07, 6.45) is -15.5. The molecule has 85 heavy (non-hydrogen) atoms. The number of benzene rings is 3. The Morgan fingerprint density at radius 1 is 0.482 bits per heavy atom. The van der Waals surface area contributed by atoms with Gasteiger partial charge in [0.25, 0.3) is 0 Å². The Balaban J connectivity index is 1.25. The molecule has 0 radical (unpaired) electrons. The first-order valence-corrected chi connectivity index (χ1v) is 28.3. The van der Waals surface area contributed by atoms with Crippen LogP contribution in [0.4, 0.5) is 0 Å². The molecule has 3 aliphatic heterocycles. The number of carbonyl (C=O) groups is 8. The molecule has 4 fully saturated rings. The predicted molar refractivity (Wildman–Crippen MR) is 296 cm³/mol. The lowest BCUT2D eigenvalue weighted by molar-refractivity contribution is -0.353. The highest BCUT2D eigenvalue weighted by molar-refractivity contribution is 5.90. The van der Waals surface area contributed by atoms with Crippen molar-refractivity contribution in [3.05, 3.63) is 96.1 Å². The molecule has 7 rings (SSSR count). The molecule has 3 saturated heterocycles. The number of nitrogens with one attached hydrogen (secondary N) is 2. The molecule has 0 aromatic heterocycles. The zero-order valence-corrected chi connectivity index (χ0v) is 49.7. The normalized spacial score (nSPS) is 32.7. The van der Waals surface area contributed by atoms with Gasteiger partial charge in [-0.25, -0.2) is 14.4 Å². The number of hydrogen-bond donors (Lipinski definition) is 2. The molecule has 20 atom stereocenters. The lowest BCUT2D eigenvalue weighted by Crippen LogP contribution is -2.67. The van der Waals surface area contributed by atoms with Gasteiger partial charge < -0.3 is 76.9 Å². The van der Waals surface area contributed by atoms with Crippen LogP contribution in [0.1, 0.15) is 89.5 Å². The molecule has 8 unspecified atom stereocenters. The van der Waals surface area contributed by atoms with Crippen molar-refractivity contribution in [1.82, 2.24) is 10.6 Å². The second-order valence-corrected chi connectivity index (χ2v) is 21.9. The van der Waals surface area contributed by atoms with Gasteiger partial charge in [-0.1, -0.05) is 71.0 Å². The van der Waals surface area contributed by atoms with E-state index < -0.39 is 164 Å². The van der Waals surface area contributed by atoms with E-state index in [1.54, 1.807) is 93.6 Å². The van der Waals surface area contributed by atoms with E-state index in [9.17, 15) is 38.4 Å². The van der Waals surface area contributed by atoms with Gasteiger partial charge in [0, 0.05) is 51.9 Å². The molecule has 3 heterocycles. The number of ether oxygens (including phenoxy) is 14. The third-order valence-corrected chi connectivity index (χ3v) is 16.1. The number of hydrogen-bond acceptors (Lipinski definition) is 22. The van der Waals surface area contributed by atoms with Gasteiger partial charge in [0.2, 0.25) is 11.8 Å². The Labute approximate surface area is 493 Å². The van der Waals surface area contributed by atoms with Crippen LogP contribution in [0.3, 0.4) is 0 Å². The van der Waals surface area contributed by atoms with Crippen LogP contribution in [-0.4, -0.2) is 168 Å². The Hall–Kier alpha value is -7.22. The second-order valence-electron chi connectivity index (χ2n) is 21.9. The van der Waals surface area contributed by atoms with Crippen LogP contribution in [-0.2, 0) is 85.6 Å². The van der Waals surface area contributed by atoms with E-state index >= 15 is 0 Å². The predicted octanol–water partition coefficient (Wildman–Crippen LogP) is 4.91.